The van der Waals surface area contributed by atoms with Gasteiger partial charge in [0.15, 0.2) is 0 Å². The first-order valence-corrected chi connectivity index (χ1v) is 19.1. The average molecular weight is 585 g/mol. The van der Waals surface area contributed by atoms with E-state index in [1.54, 1.807) is 0 Å². The van der Waals surface area contributed by atoms with Gasteiger partial charge >= 0.3 is 0 Å². The number of hydrogen-bond donors (Lipinski definition) is 6. The standard InChI is InChI=1S/C26H63ClN8P2/c1-8-14-20-32-36(22(28)16-10-3,23(29)17-11-4)34-26(7,27)35-37(24(30)18-12-5,25(31)19-13-6)33-21-15-9-2/h22-25,32-33H,8-21,28-31H2,1-7H3. The van der Waals surface area contributed by atoms with Gasteiger partial charge in [0.05, 0.1) is 37.5 Å². The number of unbranched alkanes of at least 4 members (excludes halogenated alkanes) is 2. The maximum atomic E-state index is 7.33. The second kappa shape index (κ2) is 19.6. The summed E-state index contributed by atoms with van der Waals surface area (Å²) in [6.45, 7) is 16.5. The van der Waals surface area contributed by atoms with Crippen LogP contribution in [0.5, 0.6) is 0 Å². The van der Waals surface area contributed by atoms with Gasteiger partial charge in [-0.25, -0.2) is 9.49 Å². The van der Waals surface area contributed by atoms with Crippen LogP contribution in [0.15, 0.2) is 9.49 Å². The van der Waals surface area contributed by atoms with Crippen molar-refractivity contribution in [3.8, 4) is 0 Å². The molecule has 4 atom stereocenters. The zero-order chi connectivity index (χ0) is 28.5. The van der Waals surface area contributed by atoms with Crippen molar-refractivity contribution in [2.24, 2.45) is 32.4 Å². The van der Waals surface area contributed by atoms with E-state index >= 15 is 0 Å². The van der Waals surface area contributed by atoms with Crippen LogP contribution in [-0.4, -0.2) is 41.3 Å². The lowest BCUT2D eigenvalue weighted by Gasteiger charge is -2.41. The molecular formula is C26H63ClN8P2. The minimum Gasteiger partial charge on any atom is -0.322 e. The third-order valence-corrected chi connectivity index (χ3v) is 15.2. The van der Waals surface area contributed by atoms with Crippen molar-refractivity contribution >= 4 is 26.0 Å². The van der Waals surface area contributed by atoms with E-state index < -0.39 is 19.5 Å². The van der Waals surface area contributed by atoms with Crippen LogP contribution in [0, 0.1) is 0 Å². The van der Waals surface area contributed by atoms with Gasteiger partial charge in [0.1, 0.15) is 0 Å². The van der Waals surface area contributed by atoms with Crippen LogP contribution in [-0.2, 0) is 0 Å². The molecule has 11 heteroatoms. The van der Waals surface area contributed by atoms with E-state index in [2.05, 4.69) is 51.7 Å². The number of alkyl halides is 1. The van der Waals surface area contributed by atoms with Crippen LogP contribution in [0.2, 0.25) is 0 Å². The summed E-state index contributed by atoms with van der Waals surface area (Å²) in [6.07, 6.45) is 11.4. The number of nitrogens with two attached hydrogens (primary N) is 4. The molecule has 0 aromatic carbocycles. The zero-order valence-corrected chi connectivity index (χ0v) is 27.7. The van der Waals surface area contributed by atoms with E-state index in [0.29, 0.717) is 0 Å². The number of halogens is 1. The fourth-order valence-electron chi connectivity index (χ4n) is 4.79. The lowest BCUT2D eigenvalue weighted by Crippen LogP contribution is -2.41. The maximum absolute atomic E-state index is 7.33. The van der Waals surface area contributed by atoms with Gasteiger partial charge in [0, 0.05) is 13.1 Å². The lowest BCUT2D eigenvalue weighted by molar-refractivity contribution is 0.636. The minimum atomic E-state index is -2.46. The van der Waals surface area contributed by atoms with Crippen LogP contribution in [0.25, 0.3) is 0 Å². The van der Waals surface area contributed by atoms with Gasteiger partial charge in [-0.1, -0.05) is 91.7 Å². The summed E-state index contributed by atoms with van der Waals surface area (Å²) in [4.78, 5) is 0. The smallest absolute Gasteiger partial charge is 0.222 e. The van der Waals surface area contributed by atoms with Gasteiger partial charge in [-0.3, -0.25) is 10.2 Å². The zero-order valence-electron chi connectivity index (χ0n) is 25.2. The van der Waals surface area contributed by atoms with Crippen LogP contribution >= 0.6 is 26.0 Å². The summed E-state index contributed by atoms with van der Waals surface area (Å²) in [5, 5.41) is 6.33. The monoisotopic (exact) mass is 584 g/mol. The van der Waals surface area contributed by atoms with Crippen molar-refractivity contribution in [2.75, 3.05) is 13.1 Å². The molecule has 0 bridgehead atoms. The number of nitrogens with one attached hydrogen (secondary N) is 2. The molecule has 0 aromatic rings. The Morgan fingerprint density at radius 2 is 0.865 bits per heavy atom. The molecule has 0 radical (unpaired) electrons. The molecule has 0 saturated heterocycles. The summed E-state index contributed by atoms with van der Waals surface area (Å²) in [7, 11) is -4.92. The van der Waals surface area contributed by atoms with E-state index in [0.717, 1.165) is 90.1 Å². The fourth-order valence-corrected chi connectivity index (χ4v) is 13.2. The molecule has 0 heterocycles. The van der Waals surface area contributed by atoms with Crippen molar-refractivity contribution < 1.29 is 0 Å². The molecule has 4 unspecified atom stereocenters. The fraction of sp³-hybridized carbons (Fsp3) is 1.00. The van der Waals surface area contributed by atoms with Crippen LogP contribution in [0.4, 0.5) is 0 Å². The van der Waals surface area contributed by atoms with Crippen molar-refractivity contribution in [2.45, 2.75) is 154 Å². The maximum Gasteiger partial charge on any atom is 0.222 e. The third-order valence-electron chi connectivity index (χ3n) is 6.85. The molecule has 0 aliphatic heterocycles. The lowest BCUT2D eigenvalue weighted by atomic mass is 10.3. The second-order valence-corrected chi connectivity index (χ2v) is 17.9. The molecule has 0 fully saturated rings. The van der Waals surface area contributed by atoms with Crippen molar-refractivity contribution in [1.82, 2.24) is 10.2 Å². The van der Waals surface area contributed by atoms with E-state index in [4.69, 9.17) is 44.0 Å². The van der Waals surface area contributed by atoms with Crippen molar-refractivity contribution in [3.05, 3.63) is 0 Å². The molecule has 0 amide bonds. The minimum absolute atomic E-state index is 0.182. The second-order valence-electron chi connectivity index (χ2n) is 10.5. The van der Waals surface area contributed by atoms with Gasteiger partial charge in [-0.15, -0.1) is 0 Å². The van der Waals surface area contributed by atoms with Crippen LogP contribution in [0.1, 0.15) is 126 Å². The van der Waals surface area contributed by atoms with Gasteiger partial charge in [0.2, 0.25) is 5.12 Å². The SMILES string of the molecule is CCCCNP(=NC(C)(Cl)N=P(NCCCC)(C(N)CCC)C(N)CCC)(C(N)CCC)C(N)CCC. The Bertz CT molecular complexity index is 616. The Kier molecular flexibility index (Phi) is 19.8. The highest BCUT2D eigenvalue weighted by atomic mass is 35.5. The van der Waals surface area contributed by atoms with Gasteiger partial charge in [-0.05, 0) is 45.4 Å². The Morgan fingerprint density at radius 1 is 0.595 bits per heavy atom. The number of nitrogens with zero attached hydrogens (tertiary/aromatic N) is 2. The van der Waals surface area contributed by atoms with Gasteiger partial charge in [0.25, 0.3) is 0 Å². The summed E-state index contributed by atoms with van der Waals surface area (Å²) >= 11 is 7.33. The van der Waals surface area contributed by atoms with E-state index in [1.165, 1.54) is 0 Å². The van der Waals surface area contributed by atoms with Crippen molar-refractivity contribution in [1.29, 1.82) is 0 Å². The summed E-state index contributed by atoms with van der Waals surface area (Å²) < 4.78 is 10.7. The molecule has 8 nitrogen and oxygen atoms in total. The third kappa shape index (κ3) is 11.9. The Hall–Kier alpha value is 0.510. The largest absolute Gasteiger partial charge is 0.322 e. The first-order valence-electron chi connectivity index (χ1n) is 14.9. The predicted octanol–water partition coefficient (Wildman–Crippen LogP) is 7.25. The van der Waals surface area contributed by atoms with Crippen LogP contribution in [0.3, 0.4) is 0 Å². The highest BCUT2D eigenvalue weighted by Gasteiger charge is 2.40. The van der Waals surface area contributed by atoms with Crippen molar-refractivity contribution in [3.63, 3.8) is 0 Å². The normalized spacial score (nSPS) is 20.2. The first-order chi connectivity index (χ1) is 17.5. The number of hydrogen-bond acceptors (Lipinski definition) is 6. The molecule has 224 valence electrons. The molecule has 0 saturated carbocycles. The van der Waals surface area contributed by atoms with Gasteiger partial charge < -0.3 is 22.9 Å². The highest BCUT2D eigenvalue weighted by Crippen LogP contribution is 2.60. The van der Waals surface area contributed by atoms with Crippen LogP contribution < -0.4 is 33.1 Å². The molecule has 0 aliphatic rings. The molecular weight excluding hydrogens is 522 g/mol. The molecule has 0 spiro atoms. The quantitative estimate of drug-likeness (QED) is 0.0341. The number of rotatable bonds is 22. The summed E-state index contributed by atoms with van der Waals surface area (Å²) in [5.41, 5.74) is 27.7. The van der Waals surface area contributed by atoms with Gasteiger partial charge in [-0.2, -0.15) is 0 Å². The highest BCUT2D eigenvalue weighted by molar-refractivity contribution is 7.66. The molecule has 37 heavy (non-hydrogen) atoms. The first kappa shape index (κ1) is 37.5. The summed E-state index contributed by atoms with van der Waals surface area (Å²) in [6, 6.07) is 0. The van der Waals surface area contributed by atoms with E-state index in [1.807, 2.05) is 6.92 Å². The molecule has 0 aliphatic carbocycles. The Labute approximate surface area is 235 Å². The molecule has 0 aromatic heterocycles. The molecule has 10 N–H and O–H groups in total. The summed E-state index contributed by atoms with van der Waals surface area (Å²) in [5.74, 6) is -0.727. The predicted molar refractivity (Wildman–Crippen MR) is 170 cm³/mol. The average Bonchev–Trinajstić information content (AvgIpc) is 2.83. The van der Waals surface area contributed by atoms with E-state index in [-0.39, 0.29) is 23.1 Å². The Balaban J connectivity index is 7.25. The molecule has 0 rings (SSSR count). The van der Waals surface area contributed by atoms with E-state index in [9.17, 15) is 0 Å². The topological polar surface area (TPSA) is 153 Å². The Morgan fingerprint density at radius 3 is 1.08 bits per heavy atom.